The van der Waals surface area contributed by atoms with Crippen LogP contribution in [0.4, 0.5) is 0 Å². The Balaban J connectivity index is 1.84. The molecule has 3 aliphatic rings. The molecular weight excluding hydrogens is 662 g/mol. The molecule has 17 atom stereocenters. The number of ether oxygens (including phenoxy) is 7. The molecule has 0 aromatic heterocycles. The number of rotatable bonds is 16. The van der Waals surface area contributed by atoms with E-state index in [0.717, 1.165) is 6.92 Å². The van der Waals surface area contributed by atoms with Crippen LogP contribution in [-0.2, 0) is 38.0 Å². The van der Waals surface area contributed by atoms with E-state index in [2.05, 4.69) is 5.32 Å². The highest BCUT2D eigenvalue weighted by molar-refractivity contribution is 5.73. The maximum absolute atomic E-state index is 12.2. The van der Waals surface area contributed by atoms with Crippen LogP contribution >= 0.6 is 0 Å². The summed E-state index contributed by atoms with van der Waals surface area (Å²) in [5, 5.41) is 134. The van der Waals surface area contributed by atoms with E-state index in [1.165, 1.54) is 0 Å². The zero-order chi connectivity index (χ0) is 35.9. The van der Waals surface area contributed by atoms with Crippen molar-refractivity contribution in [3.63, 3.8) is 0 Å². The van der Waals surface area contributed by atoms with Gasteiger partial charge in [0.2, 0.25) is 5.91 Å². The second-order valence-corrected chi connectivity index (χ2v) is 11.5. The summed E-state index contributed by atoms with van der Waals surface area (Å²) in [6.07, 6.45) is -29.4. The Morgan fingerprint density at radius 1 is 0.708 bits per heavy atom. The Kier molecular flexibility index (Phi) is 16.1. The Morgan fingerprint density at radius 3 is 1.85 bits per heavy atom. The summed E-state index contributed by atoms with van der Waals surface area (Å²) in [4.78, 5) is 12.2. The molecule has 0 radical (unpaired) electrons. The minimum atomic E-state index is -1.92. The third-order valence-electron chi connectivity index (χ3n) is 7.97. The lowest BCUT2D eigenvalue weighted by Crippen LogP contribution is -2.68. The van der Waals surface area contributed by atoms with Crippen molar-refractivity contribution in [2.24, 2.45) is 0 Å². The SMILES string of the molecule is CC(=O)NC1C(O[C@@H]2OC(CO)[C@H](O)C(O)C2O)[C@H](O)C(CO)O[C@H]1OCC(O)[C@@H](OC(CO)CO)O[C@@H]1C(CO)O[C@@H](O)C(O)C1O. The van der Waals surface area contributed by atoms with Gasteiger partial charge in [0, 0.05) is 6.92 Å². The van der Waals surface area contributed by atoms with Gasteiger partial charge in [0.05, 0.1) is 39.6 Å². The molecule has 22 nitrogen and oxygen atoms in total. The van der Waals surface area contributed by atoms with Crippen LogP contribution in [0.15, 0.2) is 0 Å². The predicted octanol–water partition coefficient (Wildman–Crippen LogP) is -9.36. The Labute approximate surface area is 273 Å². The fourth-order valence-electron chi connectivity index (χ4n) is 5.30. The first-order valence-corrected chi connectivity index (χ1v) is 15.0. The van der Waals surface area contributed by atoms with E-state index in [-0.39, 0.29) is 0 Å². The lowest BCUT2D eigenvalue weighted by atomic mass is 9.95. The van der Waals surface area contributed by atoms with Crippen LogP contribution < -0.4 is 5.32 Å². The molecule has 0 aromatic rings. The van der Waals surface area contributed by atoms with Crippen molar-refractivity contribution in [1.82, 2.24) is 5.32 Å². The van der Waals surface area contributed by atoms with Crippen molar-refractivity contribution in [2.45, 2.75) is 117 Å². The number of aliphatic hydroxyl groups excluding tert-OH is 13. The van der Waals surface area contributed by atoms with Crippen molar-refractivity contribution in [1.29, 1.82) is 0 Å². The molecule has 0 bridgehead atoms. The molecular formula is C26H47NO21. The number of nitrogens with one attached hydrogen (secondary N) is 1. The molecule has 22 heteroatoms. The number of amides is 1. The first-order valence-electron chi connectivity index (χ1n) is 15.0. The number of carbonyl (C=O) groups excluding carboxylic acids is 1. The van der Waals surface area contributed by atoms with Crippen LogP contribution in [0.1, 0.15) is 6.92 Å². The lowest BCUT2D eigenvalue weighted by Gasteiger charge is -2.47. The zero-order valence-electron chi connectivity index (χ0n) is 25.7. The molecule has 14 N–H and O–H groups in total. The summed E-state index contributed by atoms with van der Waals surface area (Å²) < 4.78 is 38.3. The first kappa shape index (κ1) is 41.1. The maximum atomic E-state index is 12.2. The van der Waals surface area contributed by atoms with Crippen molar-refractivity contribution >= 4 is 5.91 Å². The van der Waals surface area contributed by atoms with Crippen molar-refractivity contribution in [3.05, 3.63) is 0 Å². The average Bonchev–Trinajstić information content (AvgIpc) is 3.07. The molecule has 3 heterocycles. The van der Waals surface area contributed by atoms with Crippen LogP contribution in [0, 0.1) is 0 Å². The van der Waals surface area contributed by atoms with E-state index in [0.29, 0.717) is 0 Å². The van der Waals surface area contributed by atoms with Gasteiger partial charge in [0.25, 0.3) is 0 Å². The van der Waals surface area contributed by atoms with Crippen LogP contribution in [-0.4, -0.2) is 222 Å². The third-order valence-corrected chi connectivity index (χ3v) is 7.97. The quantitative estimate of drug-likeness (QED) is 0.0661. The van der Waals surface area contributed by atoms with Gasteiger partial charge in [-0.2, -0.15) is 0 Å². The van der Waals surface area contributed by atoms with Gasteiger partial charge in [-0.3, -0.25) is 4.79 Å². The monoisotopic (exact) mass is 709 g/mol. The highest BCUT2D eigenvalue weighted by Crippen LogP contribution is 2.30. The van der Waals surface area contributed by atoms with Gasteiger partial charge in [0.1, 0.15) is 85.4 Å². The Hall–Kier alpha value is -1.33. The van der Waals surface area contributed by atoms with Gasteiger partial charge >= 0.3 is 0 Å². The summed E-state index contributed by atoms with van der Waals surface area (Å²) in [5.41, 5.74) is 0. The fourth-order valence-corrected chi connectivity index (χ4v) is 5.30. The third kappa shape index (κ3) is 9.71. The number of hydrogen-bond donors (Lipinski definition) is 14. The highest BCUT2D eigenvalue weighted by Gasteiger charge is 2.52. The molecule has 0 aliphatic carbocycles. The van der Waals surface area contributed by atoms with Crippen LogP contribution in [0.25, 0.3) is 0 Å². The van der Waals surface area contributed by atoms with Crippen LogP contribution in [0.5, 0.6) is 0 Å². The Bertz CT molecular complexity index is 961. The molecule has 1 amide bonds. The molecule has 3 saturated heterocycles. The lowest BCUT2D eigenvalue weighted by molar-refractivity contribution is -0.350. The number of carbonyl (C=O) groups is 1. The van der Waals surface area contributed by atoms with Crippen LogP contribution in [0.3, 0.4) is 0 Å². The predicted molar refractivity (Wildman–Crippen MR) is 148 cm³/mol. The molecule has 0 spiro atoms. The molecule has 3 aliphatic heterocycles. The normalized spacial score (nSPS) is 42.0. The van der Waals surface area contributed by atoms with E-state index in [9.17, 15) is 71.2 Å². The zero-order valence-corrected chi connectivity index (χ0v) is 25.7. The van der Waals surface area contributed by atoms with Crippen molar-refractivity contribution in [3.8, 4) is 0 Å². The first-order chi connectivity index (χ1) is 22.7. The van der Waals surface area contributed by atoms with Gasteiger partial charge in [-0.15, -0.1) is 0 Å². The minimum absolute atomic E-state index is 0.727. The molecule has 3 rings (SSSR count). The van der Waals surface area contributed by atoms with Gasteiger partial charge in [-0.25, -0.2) is 0 Å². The van der Waals surface area contributed by atoms with E-state index in [1.54, 1.807) is 0 Å². The fraction of sp³-hybridized carbons (Fsp3) is 0.962. The van der Waals surface area contributed by atoms with E-state index in [1.807, 2.05) is 0 Å². The second-order valence-electron chi connectivity index (χ2n) is 11.5. The van der Waals surface area contributed by atoms with E-state index < -0.39 is 156 Å². The number of aliphatic hydroxyl groups is 13. The molecule has 282 valence electrons. The van der Waals surface area contributed by atoms with Gasteiger partial charge in [0.15, 0.2) is 25.2 Å². The summed E-state index contributed by atoms with van der Waals surface area (Å²) in [6.45, 7) is -3.86. The smallest absolute Gasteiger partial charge is 0.217 e. The Morgan fingerprint density at radius 2 is 1.29 bits per heavy atom. The summed E-state index contributed by atoms with van der Waals surface area (Å²) in [5.74, 6) is -0.727. The van der Waals surface area contributed by atoms with Gasteiger partial charge in [-0.05, 0) is 0 Å². The molecule has 48 heavy (non-hydrogen) atoms. The van der Waals surface area contributed by atoms with Gasteiger partial charge < -0.3 is 105 Å². The summed E-state index contributed by atoms with van der Waals surface area (Å²) in [7, 11) is 0. The molecule has 0 saturated carbocycles. The average molecular weight is 710 g/mol. The van der Waals surface area contributed by atoms with E-state index in [4.69, 9.17) is 33.2 Å². The highest BCUT2D eigenvalue weighted by atomic mass is 16.7. The second kappa shape index (κ2) is 18.8. The molecule has 3 fully saturated rings. The largest absolute Gasteiger partial charge is 0.394 e. The molecule has 10 unspecified atom stereocenters. The standard InChI is InChI=1S/C26H47NO21/c1-8(33)27-14-22(48-26-20(40)17(37)15(35)11(4-30)46-26)16(36)12(5-31)45-25(14)42-7-10(34)24(43-9(2-28)3-29)47-21-13(6-32)44-23(41)19(39)18(21)38/h9-26,28-32,34-41H,2-7H2,1H3,(H,27,33)/t10?,11?,12?,13?,14?,15-,16+,17?,18?,19?,20?,21+,22?,23+,24-,25+,26-/m0/s1. The summed E-state index contributed by atoms with van der Waals surface area (Å²) in [6, 6.07) is -1.51. The van der Waals surface area contributed by atoms with Crippen molar-refractivity contribution < 1.29 is 104 Å². The van der Waals surface area contributed by atoms with Crippen molar-refractivity contribution in [2.75, 3.05) is 39.6 Å². The topological polar surface area (TPSA) is 357 Å². The summed E-state index contributed by atoms with van der Waals surface area (Å²) >= 11 is 0. The van der Waals surface area contributed by atoms with Crippen LogP contribution in [0.2, 0.25) is 0 Å². The number of hydrogen-bond acceptors (Lipinski definition) is 21. The minimum Gasteiger partial charge on any atom is -0.394 e. The molecule has 0 aromatic carbocycles. The maximum Gasteiger partial charge on any atom is 0.217 e. The van der Waals surface area contributed by atoms with Gasteiger partial charge in [-0.1, -0.05) is 0 Å². The van der Waals surface area contributed by atoms with E-state index >= 15 is 0 Å².